The van der Waals surface area contributed by atoms with Gasteiger partial charge < -0.3 is 14.8 Å². The summed E-state index contributed by atoms with van der Waals surface area (Å²) in [5.41, 5.74) is 1.43. The Bertz CT molecular complexity index is 962. The fourth-order valence-corrected chi connectivity index (χ4v) is 3.03. The summed E-state index contributed by atoms with van der Waals surface area (Å²) in [6.07, 6.45) is 1.51. The lowest BCUT2D eigenvalue weighted by Crippen LogP contribution is -2.28. The zero-order chi connectivity index (χ0) is 22.6. The lowest BCUT2D eigenvalue weighted by Gasteiger charge is -2.19. The van der Waals surface area contributed by atoms with Crippen molar-refractivity contribution in [3.05, 3.63) is 51.8 Å². The Hall–Kier alpha value is -3.02. The highest BCUT2D eigenvalue weighted by Gasteiger charge is 2.19. The predicted octanol–water partition coefficient (Wildman–Crippen LogP) is 4.71. The minimum absolute atomic E-state index is 0.0780. The van der Waals surface area contributed by atoms with Gasteiger partial charge in [0, 0.05) is 39.0 Å². The monoisotopic (exact) mass is 425 g/mol. The van der Waals surface area contributed by atoms with Gasteiger partial charge in [0.1, 0.15) is 23.1 Å². The number of methoxy groups -OCH3 is 1. The molecule has 0 spiro atoms. The molecule has 1 N–H and O–H groups in total. The number of anilines is 1. The van der Waals surface area contributed by atoms with Crippen LogP contribution in [0.5, 0.6) is 0 Å². The van der Waals surface area contributed by atoms with Crippen molar-refractivity contribution in [3.63, 3.8) is 0 Å². The van der Waals surface area contributed by atoms with Crippen molar-refractivity contribution in [1.29, 1.82) is 5.26 Å². The Labute approximate surface area is 183 Å². The van der Waals surface area contributed by atoms with Gasteiger partial charge in [0.25, 0.3) is 5.56 Å². The molecule has 0 saturated heterocycles. The van der Waals surface area contributed by atoms with Gasteiger partial charge in [-0.05, 0) is 45.7 Å². The van der Waals surface area contributed by atoms with Gasteiger partial charge in [0.05, 0.1) is 11.8 Å². The van der Waals surface area contributed by atoms with Crippen LogP contribution in [0.2, 0.25) is 0 Å². The van der Waals surface area contributed by atoms with E-state index in [0.29, 0.717) is 55.5 Å². The molecule has 0 radical (unpaired) electrons. The van der Waals surface area contributed by atoms with Crippen LogP contribution < -0.4 is 10.9 Å². The Kier molecular flexibility index (Phi) is 9.88. The first-order chi connectivity index (χ1) is 15.0. The Morgan fingerprint density at radius 2 is 1.90 bits per heavy atom. The molecular weight excluding hydrogens is 394 g/mol. The maximum atomic E-state index is 13.0. The van der Waals surface area contributed by atoms with E-state index in [1.165, 1.54) is 0 Å². The van der Waals surface area contributed by atoms with Crippen LogP contribution >= 0.6 is 0 Å². The first-order valence-corrected chi connectivity index (χ1v) is 10.5. The molecule has 2 aromatic rings. The summed E-state index contributed by atoms with van der Waals surface area (Å²) in [6, 6.07) is 11.4. The van der Waals surface area contributed by atoms with Gasteiger partial charge in [-0.3, -0.25) is 9.36 Å². The molecular formula is C23H31N5O3. The van der Waals surface area contributed by atoms with E-state index in [0.717, 1.165) is 6.42 Å². The number of rotatable bonds is 12. The molecule has 0 aliphatic carbocycles. The second-order valence-electron chi connectivity index (χ2n) is 7.35. The zero-order valence-electron chi connectivity index (χ0n) is 18.7. The molecule has 0 unspecified atom stereocenters. The number of nitrogens with one attached hydrogen (secondary N) is 1. The molecule has 31 heavy (non-hydrogen) atoms. The Morgan fingerprint density at radius 1 is 1.16 bits per heavy atom. The fraction of sp³-hybridized carbons (Fsp3) is 0.478. The molecule has 166 valence electrons. The molecule has 0 saturated carbocycles. The third-order valence-corrected chi connectivity index (χ3v) is 4.61. The number of ether oxygens (including phenoxy) is 2. The number of pyridine rings is 1. The van der Waals surface area contributed by atoms with Crippen molar-refractivity contribution in [3.8, 4) is 6.07 Å². The summed E-state index contributed by atoms with van der Waals surface area (Å²) in [7, 11) is 1.65. The van der Waals surface area contributed by atoms with Gasteiger partial charge in [-0.1, -0.05) is 18.2 Å². The fourth-order valence-electron chi connectivity index (χ4n) is 3.03. The maximum Gasteiger partial charge on any atom is 0.270 e. The van der Waals surface area contributed by atoms with E-state index in [1.54, 1.807) is 18.6 Å². The molecule has 1 aromatic heterocycles. The molecule has 0 bridgehead atoms. The number of azo groups is 1. The Balaban J connectivity index is 2.48. The SMILES string of the molecule is COCCCNc1c(N=Nc2ccccc2)c(C)c(C#N)c(=O)n1CCCOC(C)C. The van der Waals surface area contributed by atoms with Crippen LogP contribution in [0.3, 0.4) is 0 Å². The number of nitrogens with zero attached hydrogens (tertiary/aromatic N) is 4. The predicted molar refractivity (Wildman–Crippen MR) is 121 cm³/mol. The second-order valence-corrected chi connectivity index (χ2v) is 7.35. The van der Waals surface area contributed by atoms with E-state index < -0.39 is 0 Å². The highest BCUT2D eigenvalue weighted by molar-refractivity contribution is 5.68. The van der Waals surface area contributed by atoms with Crippen LogP contribution in [-0.4, -0.2) is 37.5 Å². The zero-order valence-corrected chi connectivity index (χ0v) is 18.7. The Morgan fingerprint density at radius 3 is 2.55 bits per heavy atom. The standard InChI is InChI=1S/C23H31N5O3/c1-17(2)31-15-9-13-28-22(25-12-8-14-30-4)21(18(3)20(16-24)23(28)29)27-26-19-10-6-5-7-11-19/h5-7,10-11,17,25H,8-9,12-15H2,1-4H3. The van der Waals surface area contributed by atoms with Crippen molar-refractivity contribution in [2.75, 3.05) is 32.2 Å². The summed E-state index contributed by atoms with van der Waals surface area (Å²) < 4.78 is 12.3. The van der Waals surface area contributed by atoms with Gasteiger partial charge in [0.15, 0.2) is 0 Å². The van der Waals surface area contributed by atoms with Gasteiger partial charge >= 0.3 is 0 Å². The number of hydrogen-bond donors (Lipinski definition) is 1. The minimum atomic E-state index is -0.336. The van der Waals surface area contributed by atoms with Crippen molar-refractivity contribution >= 4 is 17.2 Å². The normalized spacial score (nSPS) is 11.2. The summed E-state index contributed by atoms with van der Waals surface area (Å²) in [4.78, 5) is 13.0. The van der Waals surface area contributed by atoms with E-state index in [-0.39, 0.29) is 17.2 Å². The van der Waals surface area contributed by atoms with Crippen LogP contribution in [0.4, 0.5) is 17.2 Å². The molecule has 1 aromatic carbocycles. The quantitative estimate of drug-likeness (QED) is 0.392. The van der Waals surface area contributed by atoms with Gasteiger partial charge in [-0.25, -0.2) is 0 Å². The van der Waals surface area contributed by atoms with Crippen LogP contribution in [0.25, 0.3) is 0 Å². The van der Waals surface area contributed by atoms with E-state index in [1.807, 2.05) is 50.2 Å². The highest BCUT2D eigenvalue weighted by Crippen LogP contribution is 2.31. The van der Waals surface area contributed by atoms with Gasteiger partial charge in [0.2, 0.25) is 0 Å². The number of nitriles is 1. The lowest BCUT2D eigenvalue weighted by molar-refractivity contribution is 0.0748. The highest BCUT2D eigenvalue weighted by atomic mass is 16.5. The summed E-state index contributed by atoms with van der Waals surface area (Å²) in [6.45, 7) is 7.77. The van der Waals surface area contributed by atoms with E-state index in [9.17, 15) is 10.1 Å². The molecule has 0 aliphatic heterocycles. The summed E-state index contributed by atoms with van der Waals surface area (Å²) >= 11 is 0. The molecule has 0 fully saturated rings. The second kappa shape index (κ2) is 12.6. The van der Waals surface area contributed by atoms with Crippen LogP contribution in [0.1, 0.15) is 37.8 Å². The topological polar surface area (TPSA) is 101 Å². The average Bonchev–Trinajstić information content (AvgIpc) is 2.76. The van der Waals surface area contributed by atoms with Crippen molar-refractivity contribution < 1.29 is 9.47 Å². The van der Waals surface area contributed by atoms with Crippen LogP contribution in [-0.2, 0) is 16.0 Å². The third-order valence-electron chi connectivity index (χ3n) is 4.61. The molecule has 0 aliphatic rings. The summed E-state index contributed by atoms with van der Waals surface area (Å²) in [5, 5.41) is 21.7. The average molecular weight is 426 g/mol. The van der Waals surface area contributed by atoms with Crippen molar-refractivity contribution in [2.45, 2.75) is 46.3 Å². The molecule has 1 heterocycles. The molecule has 2 rings (SSSR count). The van der Waals surface area contributed by atoms with Crippen LogP contribution in [0.15, 0.2) is 45.4 Å². The smallest absolute Gasteiger partial charge is 0.270 e. The third kappa shape index (κ3) is 7.02. The molecule has 0 amide bonds. The maximum absolute atomic E-state index is 13.0. The summed E-state index contributed by atoms with van der Waals surface area (Å²) in [5.74, 6) is 0.557. The minimum Gasteiger partial charge on any atom is -0.385 e. The first kappa shape index (κ1) is 24.3. The van der Waals surface area contributed by atoms with Crippen molar-refractivity contribution in [2.24, 2.45) is 10.2 Å². The van der Waals surface area contributed by atoms with E-state index >= 15 is 0 Å². The largest absolute Gasteiger partial charge is 0.385 e. The molecule has 8 heteroatoms. The number of benzene rings is 1. The van der Waals surface area contributed by atoms with Crippen LogP contribution in [0, 0.1) is 18.3 Å². The first-order valence-electron chi connectivity index (χ1n) is 10.5. The number of hydrogen-bond acceptors (Lipinski definition) is 7. The van der Waals surface area contributed by atoms with Gasteiger partial charge in [-0.15, -0.1) is 5.11 Å². The van der Waals surface area contributed by atoms with E-state index in [4.69, 9.17) is 9.47 Å². The molecule has 8 nitrogen and oxygen atoms in total. The number of aromatic nitrogens is 1. The van der Waals surface area contributed by atoms with E-state index in [2.05, 4.69) is 15.5 Å². The van der Waals surface area contributed by atoms with Crippen molar-refractivity contribution in [1.82, 2.24) is 4.57 Å². The lowest BCUT2D eigenvalue weighted by atomic mass is 10.1. The van der Waals surface area contributed by atoms with Gasteiger partial charge in [-0.2, -0.15) is 10.4 Å². The molecule has 0 atom stereocenters.